The van der Waals surface area contributed by atoms with Gasteiger partial charge in [0.15, 0.2) is 0 Å². The van der Waals surface area contributed by atoms with E-state index in [-0.39, 0.29) is 12.1 Å². The zero-order valence-electron chi connectivity index (χ0n) is 14.6. The van der Waals surface area contributed by atoms with Gasteiger partial charge in [0.05, 0.1) is 7.11 Å². The number of anilines is 1. The molecule has 146 valence electrons. The second-order valence-electron chi connectivity index (χ2n) is 5.77. The smallest absolute Gasteiger partial charge is 0.411 e. The Hall–Kier alpha value is -2.96. The van der Waals surface area contributed by atoms with E-state index in [1.165, 1.54) is 13.2 Å². The number of aliphatic carboxylic acids is 1. The number of aromatic nitrogens is 3. The molecule has 0 unspecified atom stereocenters. The van der Waals surface area contributed by atoms with Gasteiger partial charge in [-0.25, -0.2) is 14.3 Å². The number of rotatable bonds is 6. The number of hydrogen-bond acceptors (Lipinski definition) is 7. The molecular weight excluding hydrogens is 483 g/mol. The third-order valence-corrected chi connectivity index (χ3v) is 4.93. The van der Waals surface area contributed by atoms with Crippen molar-refractivity contribution >= 4 is 51.3 Å². The summed E-state index contributed by atoms with van der Waals surface area (Å²) in [6, 6.07) is 6.68. The summed E-state index contributed by atoms with van der Waals surface area (Å²) in [5.41, 5.74) is 0.887. The van der Waals surface area contributed by atoms with E-state index in [4.69, 9.17) is 9.52 Å². The Kier molecular flexibility index (Phi) is 5.92. The number of amides is 1. The van der Waals surface area contributed by atoms with Crippen LogP contribution in [-0.2, 0) is 16.1 Å². The number of carbonyl (C=O) groups excluding carboxylic acids is 1. The molecule has 0 atom stereocenters. The Bertz CT molecular complexity index is 1110. The summed E-state index contributed by atoms with van der Waals surface area (Å²) in [7, 11) is 1.20. The van der Waals surface area contributed by atoms with Crippen molar-refractivity contribution in [2.75, 3.05) is 12.4 Å². The summed E-state index contributed by atoms with van der Waals surface area (Å²) in [5, 5.41) is 19.8. The molecule has 0 aliphatic rings. The summed E-state index contributed by atoms with van der Waals surface area (Å²) in [6.07, 6.45) is -0.275. The van der Waals surface area contributed by atoms with Crippen LogP contribution in [0.15, 0.2) is 33.5 Å². The first-order valence-corrected chi connectivity index (χ1v) is 9.21. The van der Waals surface area contributed by atoms with Gasteiger partial charge in [0.25, 0.3) is 0 Å². The quantitative estimate of drug-likeness (QED) is 0.391. The predicted molar refractivity (Wildman–Crippen MR) is 107 cm³/mol. The maximum Gasteiger partial charge on any atom is 0.411 e. The summed E-state index contributed by atoms with van der Waals surface area (Å²) < 4.78 is 12.1. The minimum Gasteiger partial charge on any atom is -0.481 e. The van der Waals surface area contributed by atoms with E-state index in [1.54, 1.807) is 22.9 Å². The van der Waals surface area contributed by atoms with Crippen LogP contribution >= 0.6 is 22.6 Å². The van der Waals surface area contributed by atoms with Gasteiger partial charge in [-0.05, 0) is 41.1 Å². The number of halogens is 1. The molecule has 0 saturated carbocycles. The summed E-state index contributed by atoms with van der Waals surface area (Å²) in [5.74, 6) is -0.860. The first kappa shape index (κ1) is 19.8. The lowest BCUT2D eigenvalue weighted by Crippen LogP contribution is -2.17. The fourth-order valence-corrected chi connectivity index (χ4v) is 3.26. The van der Waals surface area contributed by atoms with Crippen molar-refractivity contribution in [3.8, 4) is 11.3 Å². The maximum atomic E-state index is 12.1. The maximum absolute atomic E-state index is 12.1. The lowest BCUT2D eigenvalue weighted by atomic mass is 10.1. The van der Waals surface area contributed by atoms with E-state index in [0.29, 0.717) is 35.2 Å². The largest absolute Gasteiger partial charge is 0.481 e. The molecular formula is C17H15IN4O6. The van der Waals surface area contributed by atoms with Crippen LogP contribution in [0.5, 0.6) is 0 Å². The second-order valence-corrected chi connectivity index (χ2v) is 6.79. The number of ether oxygens (including phenoxy) is 1. The average molecular weight is 498 g/mol. The van der Waals surface area contributed by atoms with Gasteiger partial charge in [-0.1, -0.05) is 17.3 Å². The molecule has 0 fully saturated rings. The van der Waals surface area contributed by atoms with Crippen molar-refractivity contribution in [1.82, 2.24) is 15.0 Å². The minimum atomic E-state index is -0.860. The Morgan fingerprint density at radius 2 is 2.14 bits per heavy atom. The zero-order chi connectivity index (χ0) is 20.3. The van der Waals surface area contributed by atoms with E-state index in [1.807, 2.05) is 0 Å². The monoisotopic (exact) mass is 498 g/mol. The minimum absolute atomic E-state index is 0.0222. The number of carboxylic acids is 1. The number of carboxylic acid groups (broad SMARTS) is 1. The highest BCUT2D eigenvalue weighted by molar-refractivity contribution is 14.1. The number of hydrogen-bond donors (Lipinski definition) is 2. The third-order valence-electron chi connectivity index (χ3n) is 3.87. The number of methoxy groups -OCH3 is 1. The molecule has 0 radical (unpaired) electrons. The van der Waals surface area contributed by atoms with Crippen molar-refractivity contribution in [3.63, 3.8) is 0 Å². The fraction of sp³-hybridized carbons (Fsp3) is 0.235. The van der Waals surface area contributed by atoms with Gasteiger partial charge >= 0.3 is 17.7 Å². The van der Waals surface area contributed by atoms with Crippen LogP contribution in [0.25, 0.3) is 22.2 Å². The van der Waals surface area contributed by atoms with Gasteiger partial charge < -0.3 is 14.3 Å². The summed E-state index contributed by atoms with van der Waals surface area (Å²) in [6.45, 7) is 0.433. The molecule has 2 N–H and O–H groups in total. The first-order chi connectivity index (χ1) is 13.4. The number of benzene rings is 1. The molecule has 3 aromatic rings. The van der Waals surface area contributed by atoms with Crippen molar-refractivity contribution in [2.24, 2.45) is 0 Å². The number of nitrogens with one attached hydrogen (secondary N) is 1. The van der Waals surface area contributed by atoms with Gasteiger partial charge in [-0.2, -0.15) is 0 Å². The molecule has 0 aliphatic carbocycles. The van der Waals surface area contributed by atoms with Crippen LogP contribution in [0.1, 0.15) is 12.8 Å². The molecule has 0 saturated heterocycles. The van der Waals surface area contributed by atoms with Gasteiger partial charge in [-0.15, -0.1) is 5.10 Å². The molecule has 28 heavy (non-hydrogen) atoms. The van der Waals surface area contributed by atoms with Gasteiger partial charge in [0.2, 0.25) is 0 Å². The highest BCUT2D eigenvalue weighted by Crippen LogP contribution is 2.27. The van der Waals surface area contributed by atoms with Gasteiger partial charge in [-0.3, -0.25) is 10.1 Å². The van der Waals surface area contributed by atoms with Gasteiger partial charge in [0, 0.05) is 23.9 Å². The molecule has 2 heterocycles. The summed E-state index contributed by atoms with van der Waals surface area (Å²) in [4.78, 5) is 34.0. The SMILES string of the molecule is COC(=O)Nc1cc2ccc(-c3nnn(CCCC(=O)O)c3I)cc2oc1=O. The highest BCUT2D eigenvalue weighted by atomic mass is 127. The highest BCUT2D eigenvalue weighted by Gasteiger charge is 2.15. The fourth-order valence-electron chi connectivity index (χ4n) is 2.51. The molecule has 11 heteroatoms. The zero-order valence-corrected chi connectivity index (χ0v) is 16.8. The lowest BCUT2D eigenvalue weighted by Gasteiger charge is -2.05. The topological polar surface area (TPSA) is 137 Å². The van der Waals surface area contributed by atoms with Crippen molar-refractivity contribution < 1.29 is 23.8 Å². The van der Waals surface area contributed by atoms with Crippen molar-refractivity contribution in [1.29, 1.82) is 0 Å². The van der Waals surface area contributed by atoms with Crippen LogP contribution in [0.3, 0.4) is 0 Å². The van der Waals surface area contributed by atoms with Crippen molar-refractivity contribution in [3.05, 3.63) is 38.4 Å². The molecule has 10 nitrogen and oxygen atoms in total. The predicted octanol–water partition coefficient (Wildman–Crippen LogP) is 2.70. The third kappa shape index (κ3) is 4.30. The Labute approximate surface area is 171 Å². The molecule has 1 aromatic carbocycles. The van der Waals surface area contributed by atoms with Crippen LogP contribution in [0.4, 0.5) is 10.5 Å². The average Bonchev–Trinajstić information content (AvgIpc) is 3.02. The Morgan fingerprint density at radius 1 is 1.36 bits per heavy atom. The van der Waals surface area contributed by atoms with Crippen LogP contribution in [0.2, 0.25) is 0 Å². The lowest BCUT2D eigenvalue weighted by molar-refractivity contribution is -0.137. The second kappa shape index (κ2) is 8.37. The molecule has 0 bridgehead atoms. The number of fused-ring (bicyclic) bond motifs is 1. The van der Waals surface area contributed by atoms with Crippen molar-refractivity contribution in [2.45, 2.75) is 19.4 Å². The van der Waals surface area contributed by atoms with E-state index < -0.39 is 17.7 Å². The number of aryl methyl sites for hydroxylation is 1. The van der Waals surface area contributed by atoms with E-state index in [2.05, 4.69) is 43.0 Å². The molecule has 3 rings (SSSR count). The Balaban J connectivity index is 1.89. The molecule has 2 aromatic heterocycles. The van der Waals surface area contributed by atoms with Crippen LogP contribution < -0.4 is 10.9 Å². The van der Waals surface area contributed by atoms with E-state index in [9.17, 15) is 14.4 Å². The van der Waals surface area contributed by atoms with Crippen LogP contribution in [0, 0.1) is 3.70 Å². The van der Waals surface area contributed by atoms with Crippen LogP contribution in [-0.4, -0.2) is 39.3 Å². The Morgan fingerprint density at radius 3 is 2.86 bits per heavy atom. The standard InChI is InChI=1S/C17H15IN4O6/c1-27-17(26)19-11-7-9-4-5-10(8-12(9)28-16(11)25)14-15(18)22(21-20-14)6-2-3-13(23)24/h4-5,7-8H,2-3,6H2,1H3,(H,19,26)(H,23,24). The molecule has 1 amide bonds. The summed E-state index contributed by atoms with van der Waals surface area (Å²) >= 11 is 2.09. The number of nitrogens with zero attached hydrogens (tertiary/aromatic N) is 3. The normalized spacial score (nSPS) is 10.8. The van der Waals surface area contributed by atoms with E-state index in [0.717, 1.165) is 3.70 Å². The molecule has 0 spiro atoms. The number of carbonyl (C=O) groups is 2. The molecule has 0 aliphatic heterocycles. The first-order valence-electron chi connectivity index (χ1n) is 8.13. The van der Waals surface area contributed by atoms with E-state index >= 15 is 0 Å². The van der Waals surface area contributed by atoms with Gasteiger partial charge in [0.1, 0.15) is 20.7 Å².